The quantitative estimate of drug-likeness (QED) is 0.716. The summed E-state index contributed by atoms with van der Waals surface area (Å²) in [5.74, 6) is 0.536. The minimum absolute atomic E-state index is 0.0274. The Labute approximate surface area is 190 Å². The van der Waals surface area contributed by atoms with Gasteiger partial charge in [0.2, 0.25) is 11.8 Å². The van der Waals surface area contributed by atoms with E-state index in [1.54, 1.807) is 17.3 Å². The number of hydrogen-bond donors (Lipinski definition) is 0. The highest BCUT2D eigenvalue weighted by Gasteiger charge is 2.36. The molecule has 4 heterocycles. The number of rotatable bonds is 4. The van der Waals surface area contributed by atoms with Crippen molar-refractivity contribution in [3.05, 3.63) is 23.8 Å². The Balaban J connectivity index is 1.33. The number of likely N-dealkylation sites (tertiary alicyclic amines) is 3. The molecule has 3 aliphatic heterocycles. The van der Waals surface area contributed by atoms with E-state index >= 15 is 0 Å². The lowest BCUT2D eigenvalue weighted by molar-refractivity contribution is -0.141. The number of nitrogens with zero attached hydrogens (tertiary/aromatic N) is 5. The molecule has 8 heteroatoms. The summed E-state index contributed by atoms with van der Waals surface area (Å²) < 4.78 is 0. The molecule has 3 saturated heterocycles. The molecule has 1 atom stereocenters. The molecule has 3 amide bonds. The summed E-state index contributed by atoms with van der Waals surface area (Å²) in [5.41, 5.74) is 1.22. The minimum Gasteiger partial charge on any atom is -0.341 e. The second kappa shape index (κ2) is 10.4. The van der Waals surface area contributed by atoms with Crippen molar-refractivity contribution in [1.82, 2.24) is 24.7 Å². The van der Waals surface area contributed by atoms with Crippen LogP contribution in [0.25, 0.3) is 0 Å². The lowest BCUT2D eigenvalue weighted by Crippen LogP contribution is -2.52. The van der Waals surface area contributed by atoms with E-state index in [2.05, 4.69) is 9.97 Å². The van der Waals surface area contributed by atoms with Crippen molar-refractivity contribution in [3.8, 4) is 0 Å². The largest absolute Gasteiger partial charge is 0.341 e. The first-order chi connectivity index (χ1) is 15.5. The molecule has 174 valence electrons. The van der Waals surface area contributed by atoms with Gasteiger partial charge in [-0.25, -0.2) is 4.98 Å². The van der Waals surface area contributed by atoms with E-state index in [1.807, 2.05) is 16.7 Å². The Kier molecular flexibility index (Phi) is 7.37. The summed E-state index contributed by atoms with van der Waals surface area (Å²) in [5, 5.41) is 0. The highest BCUT2D eigenvalue weighted by atomic mass is 16.2. The van der Waals surface area contributed by atoms with E-state index in [1.165, 1.54) is 0 Å². The van der Waals surface area contributed by atoms with E-state index in [0.29, 0.717) is 37.7 Å². The molecular formula is C24H35N5O3. The maximum absolute atomic E-state index is 13.1. The lowest BCUT2D eigenvalue weighted by atomic mass is 9.83. The molecular weight excluding hydrogens is 406 g/mol. The first-order valence-electron chi connectivity index (χ1n) is 12.2. The van der Waals surface area contributed by atoms with E-state index in [9.17, 15) is 14.4 Å². The van der Waals surface area contributed by atoms with Crippen LogP contribution in [-0.2, 0) is 9.59 Å². The molecule has 4 rings (SSSR count). The first kappa shape index (κ1) is 22.7. The maximum atomic E-state index is 13.1. The Bertz CT molecular complexity index is 819. The van der Waals surface area contributed by atoms with Gasteiger partial charge in [0.25, 0.3) is 5.91 Å². The predicted octanol–water partition coefficient (Wildman–Crippen LogP) is 2.42. The molecule has 1 aromatic heterocycles. The molecule has 0 radical (unpaired) electrons. The zero-order valence-electron chi connectivity index (χ0n) is 19.2. The molecule has 0 saturated carbocycles. The van der Waals surface area contributed by atoms with Gasteiger partial charge in [0.1, 0.15) is 5.69 Å². The monoisotopic (exact) mass is 441 g/mol. The van der Waals surface area contributed by atoms with Crippen LogP contribution in [-0.4, -0.2) is 81.2 Å². The van der Waals surface area contributed by atoms with E-state index in [0.717, 1.165) is 63.6 Å². The Morgan fingerprint density at radius 2 is 1.72 bits per heavy atom. The van der Waals surface area contributed by atoms with Crippen LogP contribution in [0.2, 0.25) is 0 Å². The van der Waals surface area contributed by atoms with Crippen LogP contribution in [0.1, 0.15) is 74.0 Å². The number of aryl methyl sites for hydroxylation is 1. The molecule has 1 unspecified atom stereocenters. The predicted molar refractivity (Wildman–Crippen MR) is 120 cm³/mol. The van der Waals surface area contributed by atoms with Crippen molar-refractivity contribution >= 4 is 17.7 Å². The summed E-state index contributed by atoms with van der Waals surface area (Å²) in [7, 11) is 0. The maximum Gasteiger partial charge on any atom is 0.274 e. The van der Waals surface area contributed by atoms with Gasteiger partial charge in [-0.15, -0.1) is 0 Å². The van der Waals surface area contributed by atoms with Crippen LogP contribution >= 0.6 is 0 Å². The van der Waals surface area contributed by atoms with Crippen molar-refractivity contribution in [2.75, 3.05) is 32.7 Å². The number of carbonyl (C=O) groups is 3. The standard InChI is InChI=1S/C24H35N5O3/c1-18-15-26-20(16-25-18)24(32)29-12-6-4-7-21(29)19-9-13-27(14-10-19)23(31)17-28-11-5-2-3-8-22(28)30/h15-16,19,21H,2-14,17H2,1H3. The molecule has 0 aromatic carbocycles. The number of carbonyl (C=O) groups excluding carboxylic acids is 3. The van der Waals surface area contributed by atoms with Crippen LogP contribution in [0, 0.1) is 12.8 Å². The number of aromatic nitrogens is 2. The second-order valence-corrected chi connectivity index (χ2v) is 9.45. The fourth-order valence-corrected chi connectivity index (χ4v) is 5.35. The summed E-state index contributed by atoms with van der Waals surface area (Å²) in [6.07, 6.45) is 11.7. The molecule has 3 fully saturated rings. The van der Waals surface area contributed by atoms with E-state index < -0.39 is 0 Å². The Morgan fingerprint density at radius 1 is 0.938 bits per heavy atom. The van der Waals surface area contributed by atoms with Crippen molar-refractivity contribution in [2.24, 2.45) is 5.92 Å². The third-order valence-electron chi connectivity index (χ3n) is 7.24. The summed E-state index contributed by atoms with van der Waals surface area (Å²) in [4.78, 5) is 52.4. The molecule has 1 aromatic rings. The minimum atomic E-state index is -0.0274. The van der Waals surface area contributed by atoms with Gasteiger partial charge in [0.15, 0.2) is 0 Å². The molecule has 0 aliphatic carbocycles. The van der Waals surface area contributed by atoms with Gasteiger partial charge in [-0.2, -0.15) is 0 Å². The molecule has 8 nitrogen and oxygen atoms in total. The van der Waals surface area contributed by atoms with Gasteiger partial charge < -0.3 is 14.7 Å². The zero-order chi connectivity index (χ0) is 22.5. The Hall–Kier alpha value is -2.51. The number of hydrogen-bond acceptors (Lipinski definition) is 5. The van der Waals surface area contributed by atoms with Crippen LogP contribution in [0.5, 0.6) is 0 Å². The molecule has 0 bridgehead atoms. The fraction of sp³-hybridized carbons (Fsp3) is 0.708. The third kappa shape index (κ3) is 5.27. The van der Waals surface area contributed by atoms with Crippen molar-refractivity contribution < 1.29 is 14.4 Å². The van der Waals surface area contributed by atoms with Gasteiger partial charge in [-0.1, -0.05) is 6.42 Å². The third-order valence-corrected chi connectivity index (χ3v) is 7.24. The number of amides is 3. The van der Waals surface area contributed by atoms with Crippen LogP contribution < -0.4 is 0 Å². The van der Waals surface area contributed by atoms with Crippen molar-refractivity contribution in [2.45, 2.75) is 70.8 Å². The molecule has 3 aliphatic rings. The lowest BCUT2D eigenvalue weighted by Gasteiger charge is -2.43. The summed E-state index contributed by atoms with van der Waals surface area (Å²) in [6.45, 7) is 4.94. The summed E-state index contributed by atoms with van der Waals surface area (Å²) >= 11 is 0. The smallest absolute Gasteiger partial charge is 0.274 e. The van der Waals surface area contributed by atoms with Gasteiger partial charge in [0, 0.05) is 44.8 Å². The van der Waals surface area contributed by atoms with Crippen LogP contribution in [0.15, 0.2) is 12.4 Å². The highest BCUT2D eigenvalue weighted by molar-refractivity contribution is 5.92. The number of piperidine rings is 2. The SMILES string of the molecule is Cc1cnc(C(=O)N2CCCCC2C2CCN(C(=O)CN3CCCCCC3=O)CC2)cn1. The van der Waals surface area contributed by atoms with Gasteiger partial charge in [0.05, 0.1) is 18.4 Å². The van der Waals surface area contributed by atoms with Crippen molar-refractivity contribution in [1.29, 1.82) is 0 Å². The molecule has 32 heavy (non-hydrogen) atoms. The zero-order valence-corrected chi connectivity index (χ0v) is 19.2. The fourth-order valence-electron chi connectivity index (χ4n) is 5.35. The molecule has 0 N–H and O–H groups in total. The summed E-state index contributed by atoms with van der Waals surface area (Å²) in [6, 6.07) is 0.198. The van der Waals surface area contributed by atoms with Crippen LogP contribution in [0.4, 0.5) is 0 Å². The average Bonchev–Trinajstić information content (AvgIpc) is 3.03. The van der Waals surface area contributed by atoms with Crippen molar-refractivity contribution in [3.63, 3.8) is 0 Å². The van der Waals surface area contributed by atoms with Gasteiger partial charge >= 0.3 is 0 Å². The normalized spacial score (nSPS) is 23.2. The van der Waals surface area contributed by atoms with Gasteiger partial charge in [-0.05, 0) is 57.8 Å². The average molecular weight is 442 g/mol. The second-order valence-electron chi connectivity index (χ2n) is 9.45. The van der Waals surface area contributed by atoms with E-state index in [-0.39, 0.29) is 30.3 Å². The molecule has 0 spiro atoms. The first-order valence-corrected chi connectivity index (χ1v) is 12.2. The highest BCUT2D eigenvalue weighted by Crippen LogP contribution is 2.31. The van der Waals surface area contributed by atoms with E-state index in [4.69, 9.17) is 0 Å². The van der Waals surface area contributed by atoms with Crippen LogP contribution in [0.3, 0.4) is 0 Å². The van der Waals surface area contributed by atoms with Gasteiger partial charge in [-0.3, -0.25) is 19.4 Å². The topological polar surface area (TPSA) is 86.7 Å². The Morgan fingerprint density at radius 3 is 2.47 bits per heavy atom.